The van der Waals surface area contributed by atoms with E-state index >= 15 is 0 Å². The van der Waals surface area contributed by atoms with E-state index in [-0.39, 0.29) is 36.2 Å². The van der Waals surface area contributed by atoms with E-state index in [0.29, 0.717) is 16.0 Å². The standard InChI is InChI=1S/C21H26N2O3S.ClH/c1-15-2-12-20(13-3-15)27(25,26)14-16-4-6-17(7-5-16)21(24)23-19-10-8-18(22)9-11-19;/h2-7,12-13,18-19H,8-11,14,22H2,1H3,(H,23,24);1H. The van der Waals surface area contributed by atoms with Crippen LogP contribution in [0.25, 0.3) is 0 Å². The van der Waals surface area contributed by atoms with E-state index in [9.17, 15) is 13.2 Å². The molecular formula is C21H27ClN2O3S. The molecule has 2 aromatic rings. The van der Waals surface area contributed by atoms with Crippen LogP contribution in [-0.4, -0.2) is 26.4 Å². The van der Waals surface area contributed by atoms with E-state index in [2.05, 4.69) is 5.32 Å². The third-order valence-electron chi connectivity index (χ3n) is 5.06. The quantitative estimate of drug-likeness (QED) is 0.772. The number of hydrogen-bond donors (Lipinski definition) is 2. The fourth-order valence-electron chi connectivity index (χ4n) is 3.33. The van der Waals surface area contributed by atoms with Crippen LogP contribution in [0.4, 0.5) is 0 Å². The molecule has 1 aliphatic carbocycles. The van der Waals surface area contributed by atoms with Crippen LogP contribution < -0.4 is 11.1 Å². The first-order chi connectivity index (χ1) is 12.8. The second-order valence-corrected chi connectivity index (χ2v) is 9.34. The van der Waals surface area contributed by atoms with Gasteiger partial charge in [-0.15, -0.1) is 12.4 Å². The lowest BCUT2D eigenvalue weighted by Gasteiger charge is -2.26. The number of aryl methyl sites for hydroxylation is 1. The van der Waals surface area contributed by atoms with Gasteiger partial charge in [0, 0.05) is 17.6 Å². The molecule has 2 aromatic carbocycles. The first kappa shape index (κ1) is 22.4. The summed E-state index contributed by atoms with van der Waals surface area (Å²) in [4.78, 5) is 12.7. The summed E-state index contributed by atoms with van der Waals surface area (Å²) in [6.07, 6.45) is 3.67. The van der Waals surface area contributed by atoms with Gasteiger partial charge in [-0.25, -0.2) is 8.42 Å². The highest BCUT2D eigenvalue weighted by molar-refractivity contribution is 7.90. The molecule has 28 heavy (non-hydrogen) atoms. The molecular weight excluding hydrogens is 396 g/mol. The summed E-state index contributed by atoms with van der Waals surface area (Å²) in [5.41, 5.74) is 8.12. The maximum Gasteiger partial charge on any atom is 0.251 e. The van der Waals surface area contributed by atoms with Gasteiger partial charge < -0.3 is 11.1 Å². The van der Waals surface area contributed by atoms with Crippen molar-refractivity contribution in [1.29, 1.82) is 0 Å². The van der Waals surface area contributed by atoms with Crippen LogP contribution >= 0.6 is 12.4 Å². The van der Waals surface area contributed by atoms with Crippen molar-refractivity contribution in [2.75, 3.05) is 0 Å². The predicted molar refractivity (Wildman–Crippen MR) is 113 cm³/mol. The highest BCUT2D eigenvalue weighted by atomic mass is 35.5. The minimum absolute atomic E-state index is 0. The van der Waals surface area contributed by atoms with Crippen molar-refractivity contribution in [3.63, 3.8) is 0 Å². The topological polar surface area (TPSA) is 89.3 Å². The van der Waals surface area contributed by atoms with E-state index in [1.807, 2.05) is 6.92 Å². The first-order valence-electron chi connectivity index (χ1n) is 9.28. The van der Waals surface area contributed by atoms with Gasteiger partial charge in [0.1, 0.15) is 0 Å². The Morgan fingerprint density at radius 3 is 2.14 bits per heavy atom. The summed E-state index contributed by atoms with van der Waals surface area (Å²) in [6.45, 7) is 1.92. The molecule has 0 spiro atoms. The lowest BCUT2D eigenvalue weighted by atomic mass is 9.91. The summed E-state index contributed by atoms with van der Waals surface area (Å²) < 4.78 is 25.1. The summed E-state index contributed by atoms with van der Waals surface area (Å²) in [5, 5.41) is 3.04. The second-order valence-electron chi connectivity index (χ2n) is 7.35. The Labute approximate surface area is 173 Å². The highest BCUT2D eigenvalue weighted by Gasteiger charge is 2.21. The smallest absolute Gasteiger partial charge is 0.251 e. The molecule has 0 aliphatic heterocycles. The SMILES string of the molecule is Cc1ccc(S(=O)(=O)Cc2ccc(C(=O)NC3CCC(N)CC3)cc2)cc1.Cl. The summed E-state index contributed by atoms with van der Waals surface area (Å²) in [7, 11) is -3.40. The average Bonchev–Trinajstić information content (AvgIpc) is 2.64. The molecule has 0 radical (unpaired) electrons. The van der Waals surface area contributed by atoms with Gasteiger partial charge in [0.05, 0.1) is 10.6 Å². The van der Waals surface area contributed by atoms with E-state index in [1.54, 1.807) is 48.5 Å². The summed E-state index contributed by atoms with van der Waals surface area (Å²) >= 11 is 0. The van der Waals surface area contributed by atoms with Crippen molar-refractivity contribution < 1.29 is 13.2 Å². The van der Waals surface area contributed by atoms with Crippen LogP contribution in [0.2, 0.25) is 0 Å². The molecule has 0 bridgehead atoms. The van der Waals surface area contributed by atoms with Crippen LogP contribution in [0, 0.1) is 6.92 Å². The number of amides is 1. The number of nitrogens with one attached hydrogen (secondary N) is 1. The maximum absolute atomic E-state index is 12.5. The largest absolute Gasteiger partial charge is 0.349 e. The van der Waals surface area contributed by atoms with Gasteiger partial charge in [-0.1, -0.05) is 29.8 Å². The number of carbonyl (C=O) groups is 1. The number of halogens is 1. The van der Waals surface area contributed by atoms with Crippen LogP contribution in [-0.2, 0) is 15.6 Å². The Morgan fingerprint density at radius 2 is 1.57 bits per heavy atom. The van der Waals surface area contributed by atoms with Crippen LogP contribution in [0.15, 0.2) is 53.4 Å². The minimum atomic E-state index is -3.40. The van der Waals surface area contributed by atoms with Crippen molar-refractivity contribution in [2.45, 2.75) is 55.3 Å². The molecule has 7 heteroatoms. The number of benzene rings is 2. The van der Waals surface area contributed by atoms with Crippen molar-refractivity contribution in [2.24, 2.45) is 5.73 Å². The zero-order chi connectivity index (χ0) is 19.4. The molecule has 1 saturated carbocycles. The van der Waals surface area contributed by atoms with Gasteiger partial charge in [-0.05, 0) is 62.4 Å². The molecule has 1 amide bonds. The second kappa shape index (κ2) is 9.54. The molecule has 0 unspecified atom stereocenters. The Kier molecular flexibility index (Phi) is 7.63. The van der Waals surface area contributed by atoms with Gasteiger partial charge in [0.15, 0.2) is 9.84 Å². The first-order valence-corrected chi connectivity index (χ1v) is 10.9. The molecule has 152 valence electrons. The van der Waals surface area contributed by atoms with Crippen LogP contribution in [0.3, 0.4) is 0 Å². The van der Waals surface area contributed by atoms with Gasteiger partial charge >= 0.3 is 0 Å². The zero-order valence-electron chi connectivity index (χ0n) is 15.9. The molecule has 0 saturated heterocycles. The van der Waals surface area contributed by atoms with E-state index < -0.39 is 9.84 Å². The molecule has 1 aliphatic rings. The molecule has 0 aromatic heterocycles. The highest BCUT2D eigenvalue weighted by Crippen LogP contribution is 2.19. The lowest BCUT2D eigenvalue weighted by Crippen LogP contribution is -2.40. The van der Waals surface area contributed by atoms with Gasteiger partial charge in [0.25, 0.3) is 5.91 Å². The molecule has 0 heterocycles. The number of carbonyl (C=O) groups excluding carboxylic acids is 1. The van der Waals surface area contributed by atoms with Crippen molar-refractivity contribution in [3.8, 4) is 0 Å². The van der Waals surface area contributed by atoms with Gasteiger partial charge in [-0.2, -0.15) is 0 Å². The van der Waals surface area contributed by atoms with E-state index in [1.165, 1.54) is 0 Å². The lowest BCUT2D eigenvalue weighted by molar-refractivity contribution is 0.0926. The number of rotatable bonds is 5. The van der Waals surface area contributed by atoms with E-state index in [0.717, 1.165) is 31.2 Å². The molecule has 1 fully saturated rings. The summed E-state index contributed by atoms with van der Waals surface area (Å²) in [5.74, 6) is -0.207. The normalized spacial score (nSPS) is 19.5. The Balaban J connectivity index is 0.00000280. The van der Waals surface area contributed by atoms with E-state index in [4.69, 9.17) is 5.73 Å². The number of sulfone groups is 1. The number of nitrogens with two attached hydrogens (primary N) is 1. The Hall–Kier alpha value is -1.89. The van der Waals surface area contributed by atoms with Crippen molar-refractivity contribution in [3.05, 3.63) is 65.2 Å². The Morgan fingerprint density at radius 1 is 1.00 bits per heavy atom. The fraction of sp³-hybridized carbons (Fsp3) is 0.381. The van der Waals surface area contributed by atoms with Crippen LogP contribution in [0.1, 0.15) is 47.2 Å². The summed E-state index contributed by atoms with van der Waals surface area (Å²) in [6, 6.07) is 14.0. The third kappa shape index (κ3) is 5.80. The van der Waals surface area contributed by atoms with Crippen molar-refractivity contribution >= 4 is 28.2 Å². The number of hydrogen-bond acceptors (Lipinski definition) is 4. The fourth-order valence-corrected chi connectivity index (χ4v) is 4.68. The Bertz CT molecular complexity index is 888. The monoisotopic (exact) mass is 422 g/mol. The van der Waals surface area contributed by atoms with Gasteiger partial charge in [-0.3, -0.25) is 4.79 Å². The molecule has 3 rings (SSSR count). The van der Waals surface area contributed by atoms with Crippen molar-refractivity contribution in [1.82, 2.24) is 5.32 Å². The average molecular weight is 423 g/mol. The molecule has 3 N–H and O–H groups in total. The maximum atomic E-state index is 12.5. The molecule has 0 atom stereocenters. The van der Waals surface area contributed by atoms with Gasteiger partial charge in [0.2, 0.25) is 0 Å². The third-order valence-corrected chi connectivity index (χ3v) is 6.76. The predicted octanol–water partition coefficient (Wildman–Crippen LogP) is 3.39. The molecule has 5 nitrogen and oxygen atoms in total. The zero-order valence-corrected chi connectivity index (χ0v) is 17.6. The van der Waals surface area contributed by atoms with Crippen LogP contribution in [0.5, 0.6) is 0 Å². The minimum Gasteiger partial charge on any atom is -0.349 e.